The van der Waals surface area contributed by atoms with E-state index in [1.54, 1.807) is 42.1 Å². The topological polar surface area (TPSA) is 66.5 Å². The number of nitrogens with one attached hydrogen (secondary N) is 1. The molecule has 3 rings (SSSR count). The Balaban J connectivity index is 1.62. The normalized spacial score (nSPS) is 11.2. The number of sulfonamides is 1. The summed E-state index contributed by atoms with van der Waals surface area (Å²) in [7, 11) is -3.87. The van der Waals surface area contributed by atoms with E-state index in [4.69, 9.17) is 0 Å². The van der Waals surface area contributed by atoms with Crippen LogP contribution in [0.2, 0.25) is 0 Å². The molecule has 3 aromatic rings. The highest BCUT2D eigenvalue weighted by Gasteiger charge is 2.26. The second kappa shape index (κ2) is 11.7. The maximum absolute atomic E-state index is 13.3. The predicted molar refractivity (Wildman–Crippen MR) is 140 cm³/mol. The largest absolute Gasteiger partial charge is 0.354 e. The van der Waals surface area contributed by atoms with Crippen molar-refractivity contribution >= 4 is 56.0 Å². The number of benzene rings is 3. The van der Waals surface area contributed by atoms with Crippen molar-refractivity contribution in [3.63, 3.8) is 0 Å². The van der Waals surface area contributed by atoms with E-state index >= 15 is 0 Å². The third kappa shape index (κ3) is 6.73. The Morgan fingerprint density at radius 1 is 0.969 bits per heavy atom. The van der Waals surface area contributed by atoms with Gasteiger partial charge in [-0.1, -0.05) is 42.5 Å². The number of rotatable bonds is 10. The summed E-state index contributed by atoms with van der Waals surface area (Å²) in [4.78, 5) is 12.8. The van der Waals surface area contributed by atoms with Gasteiger partial charge in [-0.05, 0) is 77.0 Å². The van der Waals surface area contributed by atoms with Crippen LogP contribution >= 0.6 is 34.4 Å². The zero-order valence-electron chi connectivity index (χ0n) is 17.7. The van der Waals surface area contributed by atoms with Crippen molar-refractivity contribution in [1.29, 1.82) is 0 Å². The molecule has 3 aromatic carbocycles. The lowest BCUT2D eigenvalue weighted by Crippen LogP contribution is -2.41. The minimum atomic E-state index is -3.87. The first-order chi connectivity index (χ1) is 15.4. The summed E-state index contributed by atoms with van der Waals surface area (Å²) in [6, 6.07) is 23.5. The van der Waals surface area contributed by atoms with Crippen LogP contribution in [0.5, 0.6) is 0 Å². The van der Waals surface area contributed by atoms with Crippen LogP contribution in [0.3, 0.4) is 0 Å². The monoisotopic (exact) mass is 580 g/mol. The quantitative estimate of drug-likeness (QED) is 0.275. The van der Waals surface area contributed by atoms with Crippen LogP contribution < -0.4 is 9.62 Å². The van der Waals surface area contributed by atoms with Crippen molar-refractivity contribution in [2.45, 2.75) is 17.6 Å². The van der Waals surface area contributed by atoms with Crippen LogP contribution in [0.4, 0.5) is 5.69 Å². The lowest BCUT2D eigenvalue weighted by atomic mass is 10.1. The fraction of sp³-hybridized carbons (Fsp3) is 0.208. The minimum Gasteiger partial charge on any atom is -0.354 e. The molecule has 0 heterocycles. The summed E-state index contributed by atoms with van der Waals surface area (Å²) in [6.07, 6.45) is 0. The number of hydrogen-bond donors (Lipinski definition) is 1. The number of carbonyl (C=O) groups is 1. The molecule has 32 heavy (non-hydrogen) atoms. The average molecular weight is 581 g/mol. The Morgan fingerprint density at radius 2 is 1.62 bits per heavy atom. The molecule has 0 bridgehead atoms. The summed E-state index contributed by atoms with van der Waals surface area (Å²) in [5.74, 6) is 1.29. The molecular formula is C24H25IN2O3S2. The standard InChI is InChI=1S/C24H25IN2O3S2/c1-19-7-5-6-8-20(19)18-31-16-15-26-24(28)17-27(22-13-11-21(25)12-14-22)32(29,30)23-9-3-2-4-10-23/h2-14H,15-18H2,1H3,(H,26,28). The van der Waals surface area contributed by atoms with Crippen LogP contribution in [0.25, 0.3) is 0 Å². The summed E-state index contributed by atoms with van der Waals surface area (Å²) in [5.41, 5.74) is 2.99. The molecule has 0 aliphatic heterocycles. The van der Waals surface area contributed by atoms with Gasteiger partial charge in [0.1, 0.15) is 6.54 Å². The van der Waals surface area contributed by atoms with Crippen LogP contribution in [0, 0.1) is 10.5 Å². The lowest BCUT2D eigenvalue weighted by Gasteiger charge is -2.24. The van der Waals surface area contributed by atoms with Gasteiger partial charge in [-0.3, -0.25) is 9.10 Å². The lowest BCUT2D eigenvalue weighted by molar-refractivity contribution is -0.119. The number of amides is 1. The van der Waals surface area contributed by atoms with Crippen LogP contribution in [0.1, 0.15) is 11.1 Å². The molecule has 5 nitrogen and oxygen atoms in total. The molecule has 0 spiro atoms. The summed E-state index contributed by atoms with van der Waals surface area (Å²) < 4.78 is 28.7. The summed E-state index contributed by atoms with van der Waals surface area (Å²) in [5, 5.41) is 2.85. The van der Waals surface area contributed by atoms with Gasteiger partial charge in [0.25, 0.3) is 10.0 Å². The van der Waals surface area contributed by atoms with Crippen molar-refractivity contribution in [3.05, 3.63) is 93.6 Å². The zero-order chi connectivity index (χ0) is 23.0. The van der Waals surface area contributed by atoms with E-state index in [-0.39, 0.29) is 17.3 Å². The van der Waals surface area contributed by atoms with Crippen molar-refractivity contribution in [3.8, 4) is 0 Å². The Morgan fingerprint density at radius 3 is 2.31 bits per heavy atom. The van der Waals surface area contributed by atoms with E-state index in [2.05, 4.69) is 47.0 Å². The SMILES string of the molecule is Cc1ccccc1CSCCNC(=O)CN(c1ccc(I)cc1)S(=O)(=O)c1ccccc1. The first kappa shape index (κ1) is 24.6. The van der Waals surface area contributed by atoms with Crippen molar-refractivity contribution in [1.82, 2.24) is 5.32 Å². The third-order valence-electron chi connectivity index (χ3n) is 4.82. The molecular weight excluding hydrogens is 555 g/mol. The van der Waals surface area contributed by atoms with Crippen LogP contribution in [-0.4, -0.2) is 33.2 Å². The third-order valence-corrected chi connectivity index (χ3v) is 8.34. The zero-order valence-corrected chi connectivity index (χ0v) is 21.5. The molecule has 0 aromatic heterocycles. The number of carbonyl (C=O) groups excluding carboxylic acids is 1. The van der Waals surface area contributed by atoms with E-state index in [1.807, 2.05) is 24.3 Å². The van der Waals surface area contributed by atoms with Gasteiger partial charge in [-0.25, -0.2) is 8.42 Å². The Bertz CT molecular complexity index is 1140. The second-order valence-corrected chi connectivity index (χ2v) is 11.3. The maximum atomic E-state index is 13.3. The highest BCUT2D eigenvalue weighted by Crippen LogP contribution is 2.24. The number of anilines is 1. The van der Waals surface area contributed by atoms with Gasteiger partial charge in [-0.2, -0.15) is 11.8 Å². The molecule has 1 amide bonds. The second-order valence-electron chi connectivity index (χ2n) is 7.13. The average Bonchev–Trinajstić information content (AvgIpc) is 2.79. The molecule has 0 atom stereocenters. The van der Waals surface area contributed by atoms with Gasteiger partial charge in [0.05, 0.1) is 10.6 Å². The number of aryl methyl sites for hydroxylation is 1. The first-order valence-electron chi connectivity index (χ1n) is 10.1. The number of nitrogens with zero attached hydrogens (tertiary/aromatic N) is 1. The van der Waals surface area contributed by atoms with Gasteiger partial charge >= 0.3 is 0 Å². The Labute approximate surface area is 207 Å². The smallest absolute Gasteiger partial charge is 0.264 e. The van der Waals surface area contributed by atoms with Crippen LogP contribution in [0.15, 0.2) is 83.8 Å². The first-order valence-corrected chi connectivity index (χ1v) is 13.8. The Hall–Kier alpha value is -2.04. The maximum Gasteiger partial charge on any atom is 0.264 e. The molecule has 0 fully saturated rings. The fourth-order valence-electron chi connectivity index (χ4n) is 3.05. The van der Waals surface area contributed by atoms with E-state index < -0.39 is 10.0 Å². The van der Waals surface area contributed by atoms with E-state index in [0.717, 1.165) is 19.4 Å². The molecule has 168 valence electrons. The molecule has 0 saturated carbocycles. The molecule has 0 aliphatic rings. The highest BCUT2D eigenvalue weighted by atomic mass is 127. The summed E-state index contributed by atoms with van der Waals surface area (Å²) >= 11 is 3.89. The minimum absolute atomic E-state index is 0.153. The van der Waals surface area contributed by atoms with Crippen LogP contribution in [-0.2, 0) is 20.6 Å². The van der Waals surface area contributed by atoms with E-state index in [0.29, 0.717) is 12.2 Å². The highest BCUT2D eigenvalue weighted by molar-refractivity contribution is 14.1. The number of halogens is 1. The van der Waals surface area contributed by atoms with E-state index in [9.17, 15) is 13.2 Å². The number of hydrogen-bond acceptors (Lipinski definition) is 4. The van der Waals surface area contributed by atoms with Gasteiger partial charge < -0.3 is 5.32 Å². The molecule has 8 heteroatoms. The number of thioether (sulfide) groups is 1. The van der Waals surface area contributed by atoms with E-state index in [1.165, 1.54) is 23.3 Å². The molecule has 0 aliphatic carbocycles. The molecule has 0 radical (unpaired) electrons. The van der Waals surface area contributed by atoms with Gasteiger partial charge in [0.2, 0.25) is 5.91 Å². The molecule has 0 unspecified atom stereocenters. The molecule has 1 N–H and O–H groups in total. The Kier molecular flexibility index (Phi) is 9.01. The fourth-order valence-corrected chi connectivity index (χ4v) is 5.78. The summed E-state index contributed by atoms with van der Waals surface area (Å²) in [6.45, 7) is 2.28. The van der Waals surface area contributed by atoms with Gasteiger partial charge in [0.15, 0.2) is 0 Å². The van der Waals surface area contributed by atoms with Gasteiger partial charge in [-0.15, -0.1) is 0 Å². The van der Waals surface area contributed by atoms with Crippen molar-refractivity contribution in [2.75, 3.05) is 23.1 Å². The van der Waals surface area contributed by atoms with Crippen molar-refractivity contribution in [2.24, 2.45) is 0 Å². The van der Waals surface area contributed by atoms with Crippen molar-refractivity contribution < 1.29 is 13.2 Å². The van der Waals surface area contributed by atoms with Gasteiger partial charge in [0, 0.05) is 21.6 Å². The molecule has 0 saturated heterocycles. The predicted octanol–water partition coefficient (Wildman–Crippen LogP) is 4.84.